The van der Waals surface area contributed by atoms with Crippen LogP contribution in [-0.2, 0) is 4.79 Å². The number of halogens is 1. The second-order valence-electron chi connectivity index (χ2n) is 6.24. The highest BCUT2D eigenvalue weighted by Gasteiger charge is 2.08. The zero-order chi connectivity index (χ0) is 19.4. The minimum Gasteiger partial charge on any atom is -0.340 e. The summed E-state index contributed by atoms with van der Waals surface area (Å²) in [6.45, 7) is 5.48. The monoisotopic (exact) mass is 381 g/mol. The Balaban J connectivity index is 1.75. The van der Waals surface area contributed by atoms with Crippen LogP contribution in [0.1, 0.15) is 18.1 Å². The van der Waals surface area contributed by atoms with Crippen LogP contribution < -0.4 is 16.0 Å². The molecule has 3 aromatic rings. The molecule has 3 rings (SSSR count). The summed E-state index contributed by atoms with van der Waals surface area (Å²) >= 11 is 6.35. The number of benzene rings is 2. The van der Waals surface area contributed by atoms with E-state index in [0.29, 0.717) is 16.7 Å². The van der Waals surface area contributed by atoms with Gasteiger partial charge in [0, 0.05) is 24.4 Å². The maximum atomic E-state index is 11.1. The van der Waals surface area contributed by atoms with Crippen molar-refractivity contribution in [1.82, 2.24) is 9.97 Å². The molecule has 0 fully saturated rings. The number of aryl methyl sites for hydroxylation is 2. The number of amides is 1. The number of carbonyl (C=O) groups is 1. The molecule has 27 heavy (non-hydrogen) atoms. The van der Waals surface area contributed by atoms with Gasteiger partial charge in [0.25, 0.3) is 0 Å². The quantitative estimate of drug-likeness (QED) is 0.566. The molecule has 1 aromatic heterocycles. The molecule has 0 unspecified atom stereocenters. The molecule has 0 spiro atoms. The second kappa shape index (κ2) is 8.05. The largest absolute Gasteiger partial charge is 0.340 e. The number of nitrogens with zero attached hydrogens (tertiary/aromatic N) is 2. The van der Waals surface area contributed by atoms with E-state index in [2.05, 4.69) is 32.0 Å². The van der Waals surface area contributed by atoms with Gasteiger partial charge in [-0.05, 0) is 55.3 Å². The smallest absolute Gasteiger partial charge is 0.221 e. The maximum absolute atomic E-state index is 11.1. The molecule has 6 nitrogen and oxygen atoms in total. The first kappa shape index (κ1) is 18.7. The molecule has 7 heteroatoms. The summed E-state index contributed by atoms with van der Waals surface area (Å²) in [4.78, 5) is 19.6. The van der Waals surface area contributed by atoms with Gasteiger partial charge in [0.15, 0.2) is 0 Å². The third-order valence-corrected chi connectivity index (χ3v) is 4.13. The Bertz CT molecular complexity index is 949. The van der Waals surface area contributed by atoms with E-state index in [4.69, 9.17) is 11.6 Å². The molecule has 138 valence electrons. The van der Waals surface area contributed by atoms with Crippen LogP contribution in [0.25, 0.3) is 0 Å². The molecular formula is C20H20ClN5O. The van der Waals surface area contributed by atoms with Gasteiger partial charge in [0.05, 0.1) is 10.7 Å². The van der Waals surface area contributed by atoms with E-state index in [-0.39, 0.29) is 5.91 Å². The Morgan fingerprint density at radius 3 is 2.19 bits per heavy atom. The Labute approximate surface area is 163 Å². The van der Waals surface area contributed by atoms with Crippen molar-refractivity contribution >= 4 is 46.2 Å². The number of nitrogens with one attached hydrogen (secondary N) is 3. The molecule has 3 N–H and O–H groups in total. The topological polar surface area (TPSA) is 78.9 Å². The Kier molecular flexibility index (Phi) is 5.57. The third-order valence-electron chi connectivity index (χ3n) is 3.83. The van der Waals surface area contributed by atoms with E-state index < -0.39 is 0 Å². The number of hydrogen-bond acceptors (Lipinski definition) is 5. The van der Waals surface area contributed by atoms with Crippen LogP contribution in [0.4, 0.5) is 28.7 Å². The molecule has 0 radical (unpaired) electrons. The van der Waals surface area contributed by atoms with Crippen molar-refractivity contribution in [2.75, 3.05) is 16.0 Å². The van der Waals surface area contributed by atoms with Crippen molar-refractivity contribution in [2.24, 2.45) is 0 Å². The van der Waals surface area contributed by atoms with E-state index in [9.17, 15) is 4.79 Å². The average Bonchev–Trinajstić information content (AvgIpc) is 2.60. The van der Waals surface area contributed by atoms with Gasteiger partial charge in [-0.15, -0.1) is 0 Å². The molecule has 0 aliphatic carbocycles. The van der Waals surface area contributed by atoms with Crippen LogP contribution in [-0.4, -0.2) is 15.9 Å². The van der Waals surface area contributed by atoms with Crippen molar-refractivity contribution in [3.8, 4) is 0 Å². The van der Waals surface area contributed by atoms with E-state index >= 15 is 0 Å². The van der Waals surface area contributed by atoms with Crippen LogP contribution in [0.2, 0.25) is 5.02 Å². The lowest BCUT2D eigenvalue weighted by molar-refractivity contribution is -0.114. The molecule has 1 amide bonds. The molecule has 0 saturated heterocycles. The summed E-state index contributed by atoms with van der Waals surface area (Å²) in [7, 11) is 0. The van der Waals surface area contributed by atoms with Crippen LogP contribution in [0.3, 0.4) is 0 Å². The van der Waals surface area contributed by atoms with E-state index in [1.54, 1.807) is 6.07 Å². The first-order valence-corrected chi connectivity index (χ1v) is 8.79. The number of rotatable bonds is 5. The highest BCUT2D eigenvalue weighted by molar-refractivity contribution is 6.33. The fraction of sp³-hybridized carbons (Fsp3) is 0.150. The van der Waals surface area contributed by atoms with Crippen LogP contribution in [0, 0.1) is 13.8 Å². The molecule has 0 atom stereocenters. The molecular weight excluding hydrogens is 362 g/mol. The van der Waals surface area contributed by atoms with Gasteiger partial charge >= 0.3 is 0 Å². The van der Waals surface area contributed by atoms with Crippen molar-refractivity contribution in [3.63, 3.8) is 0 Å². The molecule has 0 bridgehead atoms. The summed E-state index contributed by atoms with van der Waals surface area (Å²) < 4.78 is 0. The molecule has 0 aliphatic heterocycles. The van der Waals surface area contributed by atoms with E-state index in [0.717, 1.165) is 28.2 Å². The number of hydrogen-bond donors (Lipinski definition) is 3. The molecule has 0 saturated carbocycles. The number of aromatic nitrogens is 2. The predicted octanol–water partition coefficient (Wildman–Crippen LogP) is 5.19. The maximum Gasteiger partial charge on any atom is 0.221 e. The standard InChI is InChI=1S/C20H20ClN5O/c1-12-8-13(2)20(17(21)9-12)26-19-10-18(22-11-23-19)25-16-6-4-15(5-7-16)24-14(3)27/h4-11H,1-3H3,(H,24,27)(H2,22,23,25,26). The van der Waals surface area contributed by atoms with E-state index in [1.165, 1.54) is 13.3 Å². The minimum atomic E-state index is -0.104. The summed E-state index contributed by atoms with van der Waals surface area (Å²) in [5, 5.41) is 9.85. The first-order valence-electron chi connectivity index (χ1n) is 8.41. The Hall–Kier alpha value is -3.12. The second-order valence-corrected chi connectivity index (χ2v) is 6.64. The average molecular weight is 382 g/mol. The normalized spacial score (nSPS) is 10.4. The van der Waals surface area contributed by atoms with Crippen molar-refractivity contribution < 1.29 is 4.79 Å². The Morgan fingerprint density at radius 2 is 1.56 bits per heavy atom. The van der Waals surface area contributed by atoms with Gasteiger partial charge in [0.2, 0.25) is 5.91 Å². The van der Waals surface area contributed by atoms with Crippen molar-refractivity contribution in [3.05, 3.63) is 64.9 Å². The summed E-state index contributed by atoms with van der Waals surface area (Å²) in [5.41, 5.74) is 4.56. The zero-order valence-electron chi connectivity index (χ0n) is 15.3. The first-order chi connectivity index (χ1) is 12.9. The fourth-order valence-corrected chi connectivity index (χ4v) is 3.05. The van der Waals surface area contributed by atoms with Crippen LogP contribution in [0.5, 0.6) is 0 Å². The molecule has 2 aromatic carbocycles. The minimum absolute atomic E-state index is 0.104. The van der Waals surface area contributed by atoms with Crippen molar-refractivity contribution in [1.29, 1.82) is 0 Å². The molecule has 0 aliphatic rings. The van der Waals surface area contributed by atoms with Gasteiger partial charge in [-0.1, -0.05) is 17.7 Å². The van der Waals surface area contributed by atoms with Gasteiger partial charge in [0.1, 0.15) is 18.0 Å². The lowest BCUT2D eigenvalue weighted by atomic mass is 10.1. The highest BCUT2D eigenvalue weighted by Crippen LogP contribution is 2.30. The predicted molar refractivity (Wildman–Crippen MR) is 110 cm³/mol. The summed E-state index contributed by atoms with van der Waals surface area (Å²) in [6.07, 6.45) is 1.48. The van der Waals surface area contributed by atoms with E-state index in [1.807, 2.05) is 44.2 Å². The van der Waals surface area contributed by atoms with Gasteiger partial charge in [-0.2, -0.15) is 0 Å². The summed E-state index contributed by atoms with van der Waals surface area (Å²) in [5.74, 6) is 1.17. The van der Waals surface area contributed by atoms with Gasteiger partial charge in [-0.3, -0.25) is 4.79 Å². The van der Waals surface area contributed by atoms with Crippen LogP contribution in [0.15, 0.2) is 48.8 Å². The number of anilines is 5. The lowest BCUT2D eigenvalue weighted by Gasteiger charge is -2.13. The SMILES string of the molecule is CC(=O)Nc1ccc(Nc2cc(Nc3c(C)cc(C)cc3Cl)ncn2)cc1. The van der Waals surface area contributed by atoms with Gasteiger partial charge < -0.3 is 16.0 Å². The highest BCUT2D eigenvalue weighted by atomic mass is 35.5. The van der Waals surface area contributed by atoms with Gasteiger partial charge in [-0.25, -0.2) is 9.97 Å². The zero-order valence-corrected chi connectivity index (χ0v) is 16.1. The van der Waals surface area contributed by atoms with Crippen LogP contribution >= 0.6 is 11.6 Å². The summed E-state index contributed by atoms with van der Waals surface area (Å²) in [6, 6.07) is 13.1. The molecule has 1 heterocycles. The lowest BCUT2D eigenvalue weighted by Crippen LogP contribution is -2.05. The van der Waals surface area contributed by atoms with Crippen molar-refractivity contribution in [2.45, 2.75) is 20.8 Å². The number of carbonyl (C=O) groups excluding carboxylic acids is 1. The third kappa shape index (κ3) is 4.95. The fourth-order valence-electron chi connectivity index (χ4n) is 2.68. The Morgan fingerprint density at radius 1 is 0.926 bits per heavy atom.